The maximum atomic E-state index is 12.6. The number of carbonyl (C=O) groups is 3. The largest absolute Gasteiger partial charge is 0.359 e. The van der Waals surface area contributed by atoms with E-state index >= 15 is 0 Å². The lowest BCUT2D eigenvalue weighted by atomic mass is 9.97. The number of fused-ring (bicyclic) bond motifs is 1. The van der Waals surface area contributed by atoms with Gasteiger partial charge in [-0.05, 0) is 25.0 Å². The number of hydrogen-bond acceptors (Lipinski definition) is 5. The van der Waals surface area contributed by atoms with E-state index in [0.29, 0.717) is 24.0 Å². The number of amides is 3. The number of imide groups is 1. The van der Waals surface area contributed by atoms with Crippen LogP contribution in [0.4, 0.5) is 0 Å². The summed E-state index contributed by atoms with van der Waals surface area (Å²) in [6.45, 7) is 0.356. The second kappa shape index (κ2) is 7.16. The van der Waals surface area contributed by atoms with Crippen molar-refractivity contribution in [2.75, 3.05) is 32.4 Å². The van der Waals surface area contributed by atoms with Gasteiger partial charge in [-0.2, -0.15) is 0 Å². The van der Waals surface area contributed by atoms with Gasteiger partial charge in [-0.15, -0.1) is 0 Å². The van der Waals surface area contributed by atoms with Gasteiger partial charge in [0.2, 0.25) is 15.9 Å². The third-order valence-electron chi connectivity index (χ3n) is 4.92. The van der Waals surface area contributed by atoms with Crippen LogP contribution in [0, 0.1) is 5.92 Å². The molecule has 2 heterocycles. The highest BCUT2D eigenvalue weighted by Crippen LogP contribution is 2.23. The minimum atomic E-state index is -3.61. The van der Waals surface area contributed by atoms with E-state index in [1.165, 1.54) is 4.31 Å². The van der Waals surface area contributed by atoms with Crippen molar-refractivity contribution in [1.29, 1.82) is 0 Å². The Hall–Kier alpha value is -2.26. The van der Waals surface area contributed by atoms with E-state index in [9.17, 15) is 22.8 Å². The highest BCUT2D eigenvalue weighted by molar-refractivity contribution is 7.89. The summed E-state index contributed by atoms with van der Waals surface area (Å²) in [4.78, 5) is 37.2. The quantitative estimate of drug-likeness (QED) is 0.729. The van der Waals surface area contributed by atoms with Gasteiger partial charge >= 0.3 is 0 Å². The monoisotopic (exact) mass is 379 g/mol. The first-order chi connectivity index (χ1) is 12.3. The highest BCUT2D eigenvalue weighted by Gasteiger charge is 2.37. The van der Waals surface area contributed by atoms with Crippen LogP contribution in [0.3, 0.4) is 0 Å². The maximum Gasteiger partial charge on any atom is 0.261 e. The average molecular weight is 379 g/mol. The fraction of sp³-hybridized carbons (Fsp3) is 0.471. The lowest BCUT2D eigenvalue weighted by molar-refractivity contribution is -0.125. The van der Waals surface area contributed by atoms with Crippen molar-refractivity contribution in [2.45, 2.75) is 12.8 Å². The molecule has 1 aromatic rings. The van der Waals surface area contributed by atoms with Gasteiger partial charge in [0.15, 0.2) is 0 Å². The fourth-order valence-electron chi connectivity index (χ4n) is 3.38. The molecule has 1 N–H and O–H groups in total. The molecule has 140 valence electrons. The Bertz CT molecular complexity index is 809. The molecule has 3 amide bonds. The van der Waals surface area contributed by atoms with Crippen molar-refractivity contribution >= 4 is 27.7 Å². The van der Waals surface area contributed by atoms with E-state index in [2.05, 4.69) is 5.32 Å². The van der Waals surface area contributed by atoms with Gasteiger partial charge in [-0.25, -0.2) is 12.7 Å². The Morgan fingerprint density at radius 2 is 1.65 bits per heavy atom. The molecule has 1 fully saturated rings. The van der Waals surface area contributed by atoms with E-state index < -0.39 is 21.8 Å². The second-order valence-electron chi connectivity index (χ2n) is 6.41. The Morgan fingerprint density at radius 1 is 1.12 bits per heavy atom. The Morgan fingerprint density at radius 3 is 2.15 bits per heavy atom. The van der Waals surface area contributed by atoms with Gasteiger partial charge in [0.05, 0.1) is 16.9 Å². The van der Waals surface area contributed by atoms with Crippen molar-refractivity contribution in [3.05, 3.63) is 35.4 Å². The van der Waals surface area contributed by atoms with E-state index in [4.69, 9.17) is 0 Å². The van der Waals surface area contributed by atoms with Crippen LogP contribution in [0.1, 0.15) is 33.6 Å². The Balaban J connectivity index is 1.61. The summed E-state index contributed by atoms with van der Waals surface area (Å²) in [7, 11) is -2.04. The second-order valence-corrected chi connectivity index (χ2v) is 8.50. The topological polar surface area (TPSA) is 104 Å². The lowest BCUT2D eigenvalue weighted by Crippen LogP contribution is -2.45. The van der Waals surface area contributed by atoms with Crippen LogP contribution < -0.4 is 5.32 Å². The summed E-state index contributed by atoms with van der Waals surface area (Å²) in [5, 5.41) is 2.58. The standard InChI is InChI=1S/C17H21N3O5S/c1-18-15(21)12-6-8-19(9-7-12)26(24,25)11-10-20-16(22)13-4-2-3-5-14(13)17(20)23/h2-5,12H,6-11H2,1H3,(H,18,21). The SMILES string of the molecule is CNC(=O)C1CCN(S(=O)(=O)CCN2C(=O)c3ccccc3C2=O)CC1. The van der Waals surface area contributed by atoms with Crippen LogP contribution in [-0.2, 0) is 14.8 Å². The van der Waals surface area contributed by atoms with Crippen LogP contribution in [0.2, 0.25) is 0 Å². The van der Waals surface area contributed by atoms with Crippen LogP contribution in [0.25, 0.3) is 0 Å². The van der Waals surface area contributed by atoms with Gasteiger partial charge < -0.3 is 5.32 Å². The summed E-state index contributed by atoms with van der Waals surface area (Å²) >= 11 is 0. The van der Waals surface area contributed by atoms with Crippen molar-refractivity contribution in [1.82, 2.24) is 14.5 Å². The predicted octanol–water partition coefficient (Wildman–Crippen LogP) is 0.0704. The molecular weight excluding hydrogens is 358 g/mol. The van der Waals surface area contributed by atoms with Gasteiger partial charge in [0.25, 0.3) is 11.8 Å². The average Bonchev–Trinajstić information content (AvgIpc) is 2.90. The number of hydrogen-bond donors (Lipinski definition) is 1. The van der Waals surface area contributed by atoms with E-state index in [1.807, 2.05) is 0 Å². The minimum absolute atomic E-state index is 0.0759. The summed E-state index contributed by atoms with van der Waals surface area (Å²) in [5.74, 6) is -1.49. The van der Waals surface area contributed by atoms with Gasteiger partial charge in [0.1, 0.15) is 0 Å². The number of nitrogens with zero attached hydrogens (tertiary/aromatic N) is 2. The summed E-state index contributed by atoms with van der Waals surface area (Å²) < 4.78 is 26.4. The molecule has 0 atom stereocenters. The first-order valence-corrected chi connectivity index (χ1v) is 10.1. The molecule has 0 unspecified atom stereocenters. The van der Waals surface area contributed by atoms with Crippen molar-refractivity contribution in [2.24, 2.45) is 5.92 Å². The van der Waals surface area contributed by atoms with E-state index in [1.54, 1.807) is 31.3 Å². The minimum Gasteiger partial charge on any atom is -0.359 e. The molecule has 2 aliphatic rings. The molecule has 3 rings (SSSR count). The molecule has 9 heteroatoms. The van der Waals surface area contributed by atoms with Gasteiger partial charge in [-0.3, -0.25) is 19.3 Å². The Labute approximate surface area is 152 Å². The van der Waals surface area contributed by atoms with Crippen molar-refractivity contribution in [3.63, 3.8) is 0 Å². The molecule has 1 aromatic carbocycles. The number of rotatable bonds is 5. The summed E-state index contributed by atoms with van der Waals surface area (Å²) in [5.41, 5.74) is 0.614. The molecule has 0 saturated carbocycles. The zero-order valence-electron chi connectivity index (χ0n) is 14.5. The number of benzene rings is 1. The van der Waals surface area contributed by atoms with Crippen LogP contribution in [0.15, 0.2) is 24.3 Å². The molecule has 0 spiro atoms. The summed E-state index contributed by atoms with van der Waals surface area (Å²) in [6, 6.07) is 6.46. The molecule has 0 radical (unpaired) electrons. The third-order valence-corrected chi connectivity index (χ3v) is 6.77. The van der Waals surface area contributed by atoms with E-state index in [0.717, 1.165) is 4.90 Å². The molecule has 26 heavy (non-hydrogen) atoms. The molecule has 0 aromatic heterocycles. The zero-order chi connectivity index (χ0) is 18.9. The van der Waals surface area contributed by atoms with Crippen molar-refractivity contribution < 1.29 is 22.8 Å². The highest BCUT2D eigenvalue weighted by atomic mass is 32.2. The molecule has 1 saturated heterocycles. The van der Waals surface area contributed by atoms with Gasteiger partial charge in [-0.1, -0.05) is 12.1 Å². The molecular formula is C17H21N3O5S. The molecule has 0 aliphatic carbocycles. The number of carbonyl (C=O) groups excluding carboxylic acids is 3. The number of piperidine rings is 1. The van der Waals surface area contributed by atoms with Crippen molar-refractivity contribution in [3.8, 4) is 0 Å². The van der Waals surface area contributed by atoms with Crippen LogP contribution in [-0.4, -0.2) is 67.8 Å². The first kappa shape index (κ1) is 18.5. The smallest absolute Gasteiger partial charge is 0.261 e. The lowest BCUT2D eigenvalue weighted by Gasteiger charge is -2.30. The molecule has 8 nitrogen and oxygen atoms in total. The molecule has 2 aliphatic heterocycles. The number of nitrogens with one attached hydrogen (secondary N) is 1. The fourth-order valence-corrected chi connectivity index (χ4v) is 4.82. The maximum absolute atomic E-state index is 12.6. The molecule has 0 bridgehead atoms. The summed E-state index contributed by atoms with van der Waals surface area (Å²) in [6.07, 6.45) is 0.928. The third kappa shape index (κ3) is 3.36. The van der Waals surface area contributed by atoms with Crippen LogP contribution >= 0.6 is 0 Å². The first-order valence-electron chi connectivity index (χ1n) is 8.50. The number of sulfonamides is 1. The zero-order valence-corrected chi connectivity index (χ0v) is 15.3. The van der Waals surface area contributed by atoms with Gasteiger partial charge in [0, 0.05) is 32.6 Å². The van der Waals surface area contributed by atoms with Crippen LogP contribution in [0.5, 0.6) is 0 Å². The predicted molar refractivity (Wildman–Crippen MR) is 94.0 cm³/mol. The van der Waals surface area contributed by atoms with E-state index in [-0.39, 0.29) is 37.2 Å². The Kier molecular flexibility index (Phi) is 5.10. The normalized spacial score (nSPS) is 18.9.